The maximum atomic E-state index is 14.4. The van der Waals surface area contributed by atoms with Crippen LogP contribution in [0, 0.1) is 17.1 Å². The third kappa shape index (κ3) is 7.77. The number of hydrogen-bond acceptors (Lipinski definition) is 6. The summed E-state index contributed by atoms with van der Waals surface area (Å²) < 4.78 is 78.5. The van der Waals surface area contributed by atoms with Gasteiger partial charge in [0, 0.05) is 23.9 Å². The highest BCUT2D eigenvalue weighted by atomic mass is 32.2. The first-order chi connectivity index (χ1) is 17.4. The molecule has 3 aromatic rings. The van der Waals surface area contributed by atoms with Crippen LogP contribution in [0.2, 0.25) is 0 Å². The SMILES string of the molecule is CS(=O)(=O)Nc1c(F)cc(CNC(=O)C=Cc2ccc(C(F)(F)F)nc2Nc2ccccc2)cc1C#N. The summed E-state index contributed by atoms with van der Waals surface area (Å²) in [5, 5.41) is 14.5. The van der Waals surface area contributed by atoms with Gasteiger partial charge < -0.3 is 10.6 Å². The summed E-state index contributed by atoms with van der Waals surface area (Å²) in [7, 11) is -3.83. The van der Waals surface area contributed by atoms with Crippen LogP contribution in [0.15, 0.2) is 60.7 Å². The molecule has 0 aliphatic rings. The number of benzene rings is 2. The van der Waals surface area contributed by atoms with Gasteiger partial charge in [-0.25, -0.2) is 17.8 Å². The Labute approximate surface area is 209 Å². The zero-order valence-electron chi connectivity index (χ0n) is 19.1. The molecule has 3 rings (SSSR count). The Morgan fingerprint density at radius 1 is 1.14 bits per heavy atom. The van der Waals surface area contributed by atoms with Crippen LogP contribution in [0.25, 0.3) is 6.08 Å². The van der Waals surface area contributed by atoms with Crippen molar-refractivity contribution in [2.45, 2.75) is 12.7 Å². The molecular formula is C24H19F4N5O3S. The van der Waals surface area contributed by atoms with Gasteiger partial charge >= 0.3 is 6.18 Å². The number of para-hydroxylation sites is 1. The van der Waals surface area contributed by atoms with E-state index >= 15 is 0 Å². The number of hydrogen-bond donors (Lipinski definition) is 3. The Kier molecular flexibility index (Phi) is 8.14. The van der Waals surface area contributed by atoms with E-state index in [4.69, 9.17) is 0 Å². The molecule has 0 aliphatic carbocycles. The highest BCUT2D eigenvalue weighted by Crippen LogP contribution is 2.31. The standard InChI is InChI=1S/C24H19F4N5O3S/c1-37(35,36)33-22-17(13-29)11-15(12-19(22)25)14-30-21(34)10-8-16-7-9-20(24(26,27)28)32-23(16)31-18-5-3-2-4-6-18/h2-12,33H,14H2,1H3,(H,30,34)(H,31,32). The van der Waals surface area contributed by atoms with Gasteiger partial charge in [-0.2, -0.15) is 18.4 Å². The highest BCUT2D eigenvalue weighted by molar-refractivity contribution is 7.92. The van der Waals surface area contributed by atoms with Gasteiger partial charge in [0.15, 0.2) is 0 Å². The summed E-state index contributed by atoms with van der Waals surface area (Å²) in [6.07, 6.45) is -1.55. The van der Waals surface area contributed by atoms with Crippen molar-refractivity contribution in [2.24, 2.45) is 0 Å². The molecule has 0 saturated heterocycles. The Morgan fingerprint density at radius 3 is 2.46 bits per heavy atom. The average molecular weight is 534 g/mol. The molecule has 8 nitrogen and oxygen atoms in total. The summed E-state index contributed by atoms with van der Waals surface area (Å²) in [6.45, 7) is -0.214. The van der Waals surface area contributed by atoms with Gasteiger partial charge in [0.1, 0.15) is 29.1 Å². The fourth-order valence-electron chi connectivity index (χ4n) is 3.08. The molecule has 37 heavy (non-hydrogen) atoms. The summed E-state index contributed by atoms with van der Waals surface area (Å²) in [5.41, 5.74) is -1.04. The van der Waals surface area contributed by atoms with E-state index in [2.05, 4.69) is 15.6 Å². The van der Waals surface area contributed by atoms with Crippen LogP contribution in [0.3, 0.4) is 0 Å². The number of carbonyl (C=O) groups excluding carboxylic acids is 1. The molecule has 1 aromatic heterocycles. The van der Waals surface area contributed by atoms with E-state index in [-0.39, 0.29) is 29.1 Å². The van der Waals surface area contributed by atoms with Gasteiger partial charge in [0.2, 0.25) is 15.9 Å². The van der Waals surface area contributed by atoms with E-state index in [1.165, 1.54) is 12.1 Å². The number of aromatic nitrogens is 1. The number of rotatable bonds is 8. The maximum Gasteiger partial charge on any atom is 0.433 e. The number of amides is 1. The third-order valence-corrected chi connectivity index (χ3v) is 5.27. The van der Waals surface area contributed by atoms with E-state index in [9.17, 15) is 36.0 Å². The lowest BCUT2D eigenvalue weighted by Gasteiger charge is -2.12. The summed E-state index contributed by atoms with van der Waals surface area (Å²) in [6, 6.07) is 14.2. The smallest absolute Gasteiger partial charge is 0.348 e. The molecule has 0 saturated carbocycles. The van der Waals surface area contributed by atoms with Crippen molar-refractivity contribution in [1.29, 1.82) is 5.26 Å². The van der Waals surface area contributed by atoms with Crippen LogP contribution >= 0.6 is 0 Å². The topological polar surface area (TPSA) is 124 Å². The molecule has 0 atom stereocenters. The van der Waals surface area contributed by atoms with Crippen molar-refractivity contribution in [2.75, 3.05) is 16.3 Å². The Morgan fingerprint density at radius 2 is 1.84 bits per heavy atom. The van der Waals surface area contributed by atoms with Crippen molar-refractivity contribution in [1.82, 2.24) is 10.3 Å². The normalized spacial score (nSPS) is 11.7. The lowest BCUT2D eigenvalue weighted by Crippen LogP contribution is -2.21. The quantitative estimate of drug-likeness (QED) is 0.288. The van der Waals surface area contributed by atoms with Crippen molar-refractivity contribution in [3.8, 4) is 6.07 Å². The Balaban J connectivity index is 1.77. The second kappa shape index (κ2) is 11.1. The number of carbonyl (C=O) groups is 1. The minimum Gasteiger partial charge on any atom is -0.348 e. The molecule has 0 aliphatic heterocycles. The monoisotopic (exact) mass is 533 g/mol. The predicted octanol–water partition coefficient (Wildman–Crippen LogP) is 4.56. The molecule has 0 unspecified atom stereocenters. The average Bonchev–Trinajstić information content (AvgIpc) is 2.82. The van der Waals surface area contributed by atoms with Crippen LogP contribution in [-0.2, 0) is 27.5 Å². The molecule has 1 amide bonds. The number of alkyl halides is 3. The van der Waals surface area contributed by atoms with Crippen LogP contribution in [-0.4, -0.2) is 25.6 Å². The van der Waals surface area contributed by atoms with Gasteiger partial charge in [0.25, 0.3) is 0 Å². The largest absolute Gasteiger partial charge is 0.433 e. The molecule has 0 fully saturated rings. The number of nitrogens with one attached hydrogen (secondary N) is 3. The fourth-order valence-corrected chi connectivity index (χ4v) is 3.65. The zero-order chi connectivity index (χ0) is 27.2. The maximum absolute atomic E-state index is 14.4. The van der Waals surface area contributed by atoms with E-state index in [1.54, 1.807) is 36.4 Å². The van der Waals surface area contributed by atoms with E-state index in [0.29, 0.717) is 5.69 Å². The minimum atomic E-state index is -4.67. The first kappa shape index (κ1) is 27.2. The Hall–Kier alpha value is -4.44. The minimum absolute atomic E-state index is 0.125. The van der Waals surface area contributed by atoms with E-state index in [1.807, 2.05) is 4.72 Å². The first-order valence-corrected chi connectivity index (χ1v) is 12.3. The number of pyridine rings is 1. The molecule has 13 heteroatoms. The molecule has 0 radical (unpaired) electrons. The number of halogens is 4. The van der Waals surface area contributed by atoms with Crippen LogP contribution in [0.5, 0.6) is 0 Å². The van der Waals surface area contributed by atoms with Gasteiger partial charge in [-0.3, -0.25) is 9.52 Å². The molecule has 3 N–H and O–H groups in total. The lowest BCUT2D eigenvalue weighted by atomic mass is 10.1. The van der Waals surface area contributed by atoms with Crippen molar-refractivity contribution in [3.05, 3.63) is 88.9 Å². The van der Waals surface area contributed by atoms with E-state index < -0.39 is 39.3 Å². The van der Waals surface area contributed by atoms with Gasteiger partial charge in [-0.15, -0.1) is 0 Å². The molecule has 0 bridgehead atoms. The highest BCUT2D eigenvalue weighted by Gasteiger charge is 2.33. The van der Waals surface area contributed by atoms with Crippen LogP contribution in [0.4, 0.5) is 34.8 Å². The van der Waals surface area contributed by atoms with Gasteiger partial charge in [0.05, 0.1) is 11.8 Å². The molecule has 2 aromatic carbocycles. The second-order valence-corrected chi connectivity index (χ2v) is 9.41. The first-order valence-electron chi connectivity index (χ1n) is 10.4. The number of nitriles is 1. The lowest BCUT2D eigenvalue weighted by molar-refractivity contribution is -0.141. The van der Waals surface area contributed by atoms with Crippen LogP contribution in [0.1, 0.15) is 22.4 Å². The second-order valence-electron chi connectivity index (χ2n) is 7.66. The van der Waals surface area contributed by atoms with Gasteiger partial charge in [-0.05, 0) is 48.0 Å². The molecule has 1 heterocycles. The Bertz CT molecular complexity index is 1480. The third-order valence-electron chi connectivity index (χ3n) is 4.69. The van der Waals surface area contributed by atoms with E-state index in [0.717, 1.165) is 30.5 Å². The van der Waals surface area contributed by atoms with Gasteiger partial charge in [-0.1, -0.05) is 18.2 Å². The number of anilines is 3. The van der Waals surface area contributed by atoms with Crippen molar-refractivity contribution < 1.29 is 30.8 Å². The van der Waals surface area contributed by atoms with Crippen molar-refractivity contribution in [3.63, 3.8) is 0 Å². The number of nitrogens with zero attached hydrogens (tertiary/aromatic N) is 2. The fraction of sp³-hybridized carbons (Fsp3) is 0.125. The van der Waals surface area contributed by atoms with Crippen LogP contribution < -0.4 is 15.4 Å². The number of sulfonamides is 1. The molecule has 0 spiro atoms. The molecule has 192 valence electrons. The predicted molar refractivity (Wildman–Crippen MR) is 129 cm³/mol. The summed E-state index contributed by atoms with van der Waals surface area (Å²) >= 11 is 0. The zero-order valence-corrected chi connectivity index (χ0v) is 19.9. The summed E-state index contributed by atoms with van der Waals surface area (Å²) in [5.74, 6) is -1.79. The van der Waals surface area contributed by atoms with Crippen molar-refractivity contribution >= 4 is 39.2 Å². The molecular weight excluding hydrogens is 514 g/mol. The summed E-state index contributed by atoms with van der Waals surface area (Å²) in [4.78, 5) is 15.9.